The largest absolute Gasteiger partial charge is 0.468 e. The lowest BCUT2D eigenvalue weighted by Gasteiger charge is -2.19. The Bertz CT molecular complexity index is 929. The van der Waals surface area contributed by atoms with Crippen molar-refractivity contribution in [3.8, 4) is 0 Å². The summed E-state index contributed by atoms with van der Waals surface area (Å²) in [7, 11) is 1.34. The van der Waals surface area contributed by atoms with Crippen LogP contribution in [0.4, 0.5) is 5.00 Å². The summed E-state index contributed by atoms with van der Waals surface area (Å²) in [5, 5.41) is 0.836. The molecule has 134 valence electrons. The lowest BCUT2D eigenvalue weighted by atomic mass is 9.98. The first kappa shape index (κ1) is 17.0. The maximum Gasteiger partial charge on any atom is 0.325 e. The van der Waals surface area contributed by atoms with Crippen LogP contribution in [0.5, 0.6) is 0 Å². The van der Waals surface area contributed by atoms with Crippen LogP contribution in [0.1, 0.15) is 33.6 Å². The molecule has 2 aliphatic rings. The fourth-order valence-corrected chi connectivity index (χ4v) is 5.04. The fourth-order valence-electron chi connectivity index (χ4n) is 3.63. The zero-order valence-corrected chi connectivity index (χ0v) is 15.7. The van der Waals surface area contributed by atoms with E-state index in [0.29, 0.717) is 0 Å². The summed E-state index contributed by atoms with van der Waals surface area (Å²) in [6.45, 7) is 2.02. The molecule has 0 atom stereocenters. The van der Waals surface area contributed by atoms with Crippen LogP contribution in [0, 0.1) is 6.92 Å². The number of aliphatic imine (C=N–C) groups is 1. The molecule has 0 fully saturated rings. The fraction of sp³-hybridized carbons (Fsp3) is 0.350. The predicted octanol–water partition coefficient (Wildman–Crippen LogP) is 2.90. The van der Waals surface area contributed by atoms with Gasteiger partial charge in [0, 0.05) is 16.0 Å². The number of anilines is 1. The van der Waals surface area contributed by atoms with Gasteiger partial charge in [-0.2, -0.15) is 0 Å². The lowest BCUT2D eigenvalue weighted by molar-refractivity contribution is -0.139. The molecule has 0 saturated carbocycles. The second-order valence-corrected chi connectivity index (χ2v) is 7.71. The van der Waals surface area contributed by atoms with Gasteiger partial charge in [-0.15, -0.1) is 11.3 Å². The Morgan fingerprint density at radius 1 is 1.35 bits per heavy atom. The molecule has 6 heteroatoms. The molecule has 26 heavy (non-hydrogen) atoms. The zero-order valence-electron chi connectivity index (χ0n) is 14.9. The van der Waals surface area contributed by atoms with Gasteiger partial charge >= 0.3 is 5.97 Å². The summed E-state index contributed by atoms with van der Waals surface area (Å²) in [5.41, 5.74) is 5.36. The second-order valence-electron chi connectivity index (χ2n) is 6.63. The monoisotopic (exact) mass is 368 g/mol. The molecule has 4 rings (SSSR count). The number of hydrogen-bond donors (Lipinski definition) is 0. The van der Waals surface area contributed by atoms with Gasteiger partial charge in [0.05, 0.1) is 12.8 Å². The molecule has 0 N–H and O–H groups in total. The number of benzene rings is 1. The van der Waals surface area contributed by atoms with Crippen molar-refractivity contribution >= 4 is 33.9 Å². The molecular formula is C20H20N2O3S. The molecule has 0 bridgehead atoms. The van der Waals surface area contributed by atoms with Gasteiger partial charge in [-0.3, -0.25) is 19.5 Å². The van der Waals surface area contributed by atoms with E-state index in [9.17, 15) is 9.59 Å². The molecule has 1 amide bonds. The third-order valence-corrected chi connectivity index (χ3v) is 6.18. The molecule has 0 radical (unpaired) electrons. The summed E-state index contributed by atoms with van der Waals surface area (Å²) in [6, 6.07) is 8.20. The first-order valence-corrected chi connectivity index (χ1v) is 9.53. The molecule has 5 nitrogen and oxygen atoms in total. The highest BCUT2D eigenvalue weighted by Gasteiger charge is 2.34. The standard InChI is InChI=1S/C20H20N2O3S/c1-12-5-3-6-13(9-12)19-18-14-7-4-8-15(14)26-20(18)22(11-17(24)25-2)16(23)10-21-19/h3,5-6,9H,4,7-8,10-11H2,1-2H3. The highest BCUT2D eigenvalue weighted by molar-refractivity contribution is 7.17. The van der Waals surface area contributed by atoms with E-state index in [1.807, 2.05) is 12.1 Å². The van der Waals surface area contributed by atoms with Gasteiger partial charge in [-0.25, -0.2) is 0 Å². The van der Waals surface area contributed by atoms with Crippen molar-refractivity contribution in [1.29, 1.82) is 0 Å². The number of carbonyl (C=O) groups excluding carboxylic acids is 2. The Labute approximate surface area is 156 Å². The molecule has 0 unspecified atom stereocenters. The van der Waals surface area contributed by atoms with Crippen molar-refractivity contribution in [2.75, 3.05) is 25.1 Å². The van der Waals surface area contributed by atoms with Crippen LogP contribution in [0.15, 0.2) is 29.3 Å². The molecule has 1 aliphatic heterocycles. The molecule has 0 saturated heterocycles. The van der Waals surface area contributed by atoms with Crippen LogP contribution < -0.4 is 4.90 Å². The van der Waals surface area contributed by atoms with Crippen LogP contribution in [0.3, 0.4) is 0 Å². The van der Waals surface area contributed by atoms with Crippen molar-refractivity contribution in [2.24, 2.45) is 4.99 Å². The Morgan fingerprint density at radius 3 is 2.96 bits per heavy atom. The number of hydrogen-bond acceptors (Lipinski definition) is 5. The number of thiophene rings is 1. The Hall–Kier alpha value is -2.47. The van der Waals surface area contributed by atoms with Crippen molar-refractivity contribution in [1.82, 2.24) is 0 Å². The Balaban J connectivity index is 1.88. The van der Waals surface area contributed by atoms with Gasteiger partial charge in [0.15, 0.2) is 0 Å². The van der Waals surface area contributed by atoms with E-state index in [1.165, 1.54) is 17.6 Å². The van der Waals surface area contributed by atoms with E-state index in [-0.39, 0.29) is 19.0 Å². The predicted molar refractivity (Wildman–Crippen MR) is 102 cm³/mol. The molecule has 1 aromatic carbocycles. The van der Waals surface area contributed by atoms with Crippen LogP contribution in [-0.4, -0.2) is 37.8 Å². The lowest BCUT2D eigenvalue weighted by Crippen LogP contribution is -2.37. The maximum atomic E-state index is 12.7. The summed E-state index contributed by atoms with van der Waals surface area (Å²) in [4.78, 5) is 32.1. The number of rotatable bonds is 3. The normalized spacial score (nSPS) is 16.0. The van der Waals surface area contributed by atoms with Gasteiger partial charge in [0.1, 0.15) is 18.1 Å². The first-order chi connectivity index (χ1) is 12.6. The molecule has 2 aromatic rings. The number of nitrogens with zero attached hydrogens (tertiary/aromatic N) is 2. The third kappa shape index (κ3) is 2.84. The van der Waals surface area contributed by atoms with Crippen LogP contribution in [0.2, 0.25) is 0 Å². The van der Waals surface area contributed by atoms with Crippen molar-refractivity contribution in [2.45, 2.75) is 26.2 Å². The molecular weight excluding hydrogens is 348 g/mol. The third-order valence-electron chi connectivity index (χ3n) is 4.86. The summed E-state index contributed by atoms with van der Waals surface area (Å²) < 4.78 is 4.80. The topological polar surface area (TPSA) is 59.0 Å². The molecule has 0 spiro atoms. The number of aryl methyl sites for hydroxylation is 2. The molecule has 1 aromatic heterocycles. The van der Waals surface area contributed by atoms with E-state index in [2.05, 4.69) is 24.0 Å². The summed E-state index contributed by atoms with van der Waals surface area (Å²) >= 11 is 1.62. The maximum absolute atomic E-state index is 12.7. The van der Waals surface area contributed by atoms with Crippen molar-refractivity contribution in [3.63, 3.8) is 0 Å². The zero-order chi connectivity index (χ0) is 18.3. The van der Waals surface area contributed by atoms with E-state index < -0.39 is 5.97 Å². The number of amides is 1. The minimum absolute atomic E-state index is 0.0381. The van der Waals surface area contributed by atoms with Crippen LogP contribution in [0.25, 0.3) is 0 Å². The smallest absolute Gasteiger partial charge is 0.325 e. The van der Waals surface area contributed by atoms with Crippen LogP contribution in [-0.2, 0) is 27.2 Å². The Kier molecular flexibility index (Phi) is 4.36. The van der Waals surface area contributed by atoms with E-state index in [4.69, 9.17) is 4.74 Å². The average molecular weight is 368 g/mol. The molecule has 2 heterocycles. The first-order valence-electron chi connectivity index (χ1n) is 8.72. The van der Waals surface area contributed by atoms with Gasteiger partial charge in [-0.1, -0.05) is 23.8 Å². The highest BCUT2D eigenvalue weighted by Crippen LogP contribution is 2.43. The quantitative estimate of drug-likeness (QED) is 0.783. The minimum Gasteiger partial charge on any atom is -0.468 e. The number of ether oxygens (including phenoxy) is 1. The van der Waals surface area contributed by atoms with E-state index >= 15 is 0 Å². The molecule has 1 aliphatic carbocycles. The number of methoxy groups -OCH3 is 1. The van der Waals surface area contributed by atoms with E-state index in [1.54, 1.807) is 16.2 Å². The summed E-state index contributed by atoms with van der Waals surface area (Å²) in [5.74, 6) is -0.587. The number of fused-ring (bicyclic) bond motifs is 3. The Morgan fingerprint density at radius 2 is 2.19 bits per heavy atom. The van der Waals surface area contributed by atoms with Gasteiger partial charge in [-0.05, 0) is 37.8 Å². The van der Waals surface area contributed by atoms with Crippen LogP contribution >= 0.6 is 11.3 Å². The van der Waals surface area contributed by atoms with E-state index in [0.717, 1.165) is 46.7 Å². The highest BCUT2D eigenvalue weighted by atomic mass is 32.1. The average Bonchev–Trinajstić information content (AvgIpc) is 3.18. The van der Waals surface area contributed by atoms with Gasteiger partial charge < -0.3 is 4.74 Å². The second kappa shape index (κ2) is 6.68. The van der Waals surface area contributed by atoms with Crippen molar-refractivity contribution < 1.29 is 14.3 Å². The van der Waals surface area contributed by atoms with Gasteiger partial charge in [0.25, 0.3) is 0 Å². The number of esters is 1. The van der Waals surface area contributed by atoms with Gasteiger partial charge in [0.2, 0.25) is 5.91 Å². The summed E-state index contributed by atoms with van der Waals surface area (Å²) in [6.07, 6.45) is 3.14. The van der Waals surface area contributed by atoms with Crippen molar-refractivity contribution in [3.05, 3.63) is 51.4 Å². The number of carbonyl (C=O) groups is 2. The SMILES string of the molecule is COC(=O)CN1C(=O)CN=C(c2cccc(C)c2)c2c1sc1c2CCC1. The minimum atomic E-state index is -0.420.